The highest BCUT2D eigenvalue weighted by Crippen LogP contribution is 2.09. The highest BCUT2D eigenvalue weighted by molar-refractivity contribution is 7.16. The van der Waals surface area contributed by atoms with E-state index in [1.54, 1.807) is 39.8 Å². The monoisotopic (exact) mass is 306 g/mol. The summed E-state index contributed by atoms with van der Waals surface area (Å²) in [5, 5.41) is 0. The summed E-state index contributed by atoms with van der Waals surface area (Å²) in [5.41, 5.74) is -0.563. The van der Waals surface area contributed by atoms with Crippen LogP contribution in [0, 0.1) is 0 Å². The molecular formula is C13H27N2O4P. The molecular weight excluding hydrogens is 279 g/mol. The summed E-state index contributed by atoms with van der Waals surface area (Å²) in [6.45, 7) is 7.01. The van der Waals surface area contributed by atoms with Crippen molar-refractivity contribution in [1.82, 2.24) is 9.80 Å². The summed E-state index contributed by atoms with van der Waals surface area (Å²) >= 11 is 0. The van der Waals surface area contributed by atoms with E-state index < -0.39 is 11.7 Å². The molecule has 0 aromatic heterocycles. The number of carbonyl (C=O) groups is 2. The van der Waals surface area contributed by atoms with Gasteiger partial charge in [-0.05, 0) is 26.9 Å². The zero-order chi connectivity index (χ0) is 15.8. The number of amides is 2. The van der Waals surface area contributed by atoms with E-state index >= 15 is 0 Å². The predicted molar refractivity (Wildman–Crippen MR) is 81.9 cm³/mol. The average molecular weight is 306 g/mol. The van der Waals surface area contributed by atoms with E-state index in [1.807, 2.05) is 0 Å². The molecule has 0 bridgehead atoms. The van der Waals surface area contributed by atoms with E-state index in [1.165, 1.54) is 4.90 Å². The van der Waals surface area contributed by atoms with Crippen LogP contribution in [-0.2, 0) is 14.3 Å². The Balaban J connectivity index is 4.08. The third-order valence-corrected chi connectivity index (χ3v) is 2.57. The average Bonchev–Trinajstić information content (AvgIpc) is 2.32. The van der Waals surface area contributed by atoms with Gasteiger partial charge >= 0.3 is 6.09 Å². The van der Waals surface area contributed by atoms with E-state index in [-0.39, 0.29) is 12.5 Å². The van der Waals surface area contributed by atoms with Gasteiger partial charge in [0.1, 0.15) is 12.1 Å². The second kappa shape index (κ2) is 9.14. The first kappa shape index (κ1) is 19.1. The summed E-state index contributed by atoms with van der Waals surface area (Å²) in [6.07, 6.45) is 0.373. The van der Waals surface area contributed by atoms with Crippen molar-refractivity contribution >= 4 is 21.2 Å². The quantitative estimate of drug-likeness (QED) is 0.524. The molecule has 0 fully saturated rings. The molecule has 1 atom stereocenters. The van der Waals surface area contributed by atoms with Gasteiger partial charge < -0.3 is 19.3 Å². The molecule has 0 N–H and O–H groups in total. The van der Waals surface area contributed by atoms with E-state index in [0.717, 1.165) is 6.16 Å². The summed E-state index contributed by atoms with van der Waals surface area (Å²) in [5.74, 6) is -0.146. The standard InChI is InChI=1S/C13H27N2O4P/c1-13(2,3)19-12(17)15(5)10-11(16)14(4)6-7-18-8-9-20/h6-10,20H2,1-5H3. The van der Waals surface area contributed by atoms with Crippen LogP contribution in [-0.4, -0.2) is 74.0 Å². The first-order valence-corrected chi connectivity index (χ1v) is 7.45. The second-order valence-corrected chi connectivity index (χ2v) is 6.13. The fraction of sp³-hybridized carbons (Fsp3) is 0.846. The van der Waals surface area contributed by atoms with Crippen LogP contribution < -0.4 is 0 Å². The molecule has 2 amide bonds. The SMILES string of the molecule is CN(CCOCCP)C(=O)CN(C)C(=O)OC(C)(C)C. The van der Waals surface area contributed by atoms with Crippen LogP contribution in [0.1, 0.15) is 20.8 Å². The van der Waals surface area contributed by atoms with Gasteiger partial charge in [-0.2, -0.15) is 0 Å². The lowest BCUT2D eigenvalue weighted by molar-refractivity contribution is -0.131. The molecule has 1 unspecified atom stereocenters. The Morgan fingerprint density at radius 3 is 2.20 bits per heavy atom. The summed E-state index contributed by atoms with van der Waals surface area (Å²) in [6, 6.07) is 0. The molecule has 0 rings (SSSR count). The largest absolute Gasteiger partial charge is 0.444 e. The molecule has 0 aromatic carbocycles. The van der Waals surface area contributed by atoms with E-state index in [4.69, 9.17) is 9.47 Å². The lowest BCUT2D eigenvalue weighted by atomic mass is 10.2. The molecule has 0 saturated carbocycles. The minimum Gasteiger partial charge on any atom is -0.444 e. The van der Waals surface area contributed by atoms with Crippen LogP contribution >= 0.6 is 9.24 Å². The highest BCUT2D eigenvalue weighted by Gasteiger charge is 2.22. The van der Waals surface area contributed by atoms with Gasteiger partial charge in [-0.3, -0.25) is 4.79 Å². The first-order valence-electron chi connectivity index (χ1n) is 6.63. The Labute approximate surface area is 124 Å². The van der Waals surface area contributed by atoms with Crippen molar-refractivity contribution in [3.63, 3.8) is 0 Å². The summed E-state index contributed by atoms with van der Waals surface area (Å²) in [7, 11) is 5.81. The van der Waals surface area contributed by atoms with Crippen LogP contribution in [0.2, 0.25) is 0 Å². The van der Waals surface area contributed by atoms with Crippen molar-refractivity contribution in [3.8, 4) is 0 Å². The van der Waals surface area contributed by atoms with Crippen molar-refractivity contribution < 1.29 is 19.1 Å². The van der Waals surface area contributed by atoms with Crippen molar-refractivity contribution in [1.29, 1.82) is 0 Å². The molecule has 0 aliphatic heterocycles. The minimum absolute atomic E-state index is 0.00492. The molecule has 118 valence electrons. The van der Waals surface area contributed by atoms with Gasteiger partial charge in [0, 0.05) is 20.6 Å². The Hall–Kier alpha value is -0.870. The van der Waals surface area contributed by atoms with Gasteiger partial charge in [0.25, 0.3) is 0 Å². The fourth-order valence-corrected chi connectivity index (χ4v) is 1.41. The third kappa shape index (κ3) is 9.10. The van der Waals surface area contributed by atoms with Crippen molar-refractivity contribution in [2.24, 2.45) is 0 Å². The summed E-state index contributed by atoms with van der Waals surface area (Å²) < 4.78 is 10.5. The lowest BCUT2D eigenvalue weighted by Crippen LogP contribution is -2.42. The van der Waals surface area contributed by atoms with Gasteiger partial charge in [0.15, 0.2) is 0 Å². The fourth-order valence-electron chi connectivity index (χ4n) is 1.24. The number of rotatable bonds is 7. The summed E-state index contributed by atoms with van der Waals surface area (Å²) in [4.78, 5) is 26.4. The number of ether oxygens (including phenoxy) is 2. The van der Waals surface area contributed by atoms with Crippen LogP contribution in [0.15, 0.2) is 0 Å². The van der Waals surface area contributed by atoms with E-state index in [9.17, 15) is 9.59 Å². The molecule has 20 heavy (non-hydrogen) atoms. The number of nitrogens with zero attached hydrogens (tertiary/aromatic N) is 2. The van der Waals surface area contributed by atoms with Crippen LogP contribution in [0.3, 0.4) is 0 Å². The smallest absolute Gasteiger partial charge is 0.410 e. The number of hydrogen-bond acceptors (Lipinski definition) is 4. The van der Waals surface area contributed by atoms with E-state index in [2.05, 4.69) is 9.24 Å². The maximum atomic E-state index is 11.9. The molecule has 0 saturated heterocycles. The number of hydrogen-bond donors (Lipinski definition) is 0. The maximum absolute atomic E-state index is 11.9. The van der Waals surface area contributed by atoms with Crippen LogP contribution in [0.5, 0.6) is 0 Å². The Kier molecular flexibility index (Phi) is 8.74. The molecule has 0 aliphatic rings. The van der Waals surface area contributed by atoms with E-state index in [0.29, 0.717) is 19.8 Å². The Morgan fingerprint density at radius 2 is 1.70 bits per heavy atom. The maximum Gasteiger partial charge on any atom is 0.410 e. The normalized spacial score (nSPS) is 11.1. The van der Waals surface area contributed by atoms with Gasteiger partial charge in [-0.1, -0.05) is 0 Å². The lowest BCUT2D eigenvalue weighted by Gasteiger charge is -2.26. The Bertz CT molecular complexity index is 318. The van der Waals surface area contributed by atoms with Crippen molar-refractivity contribution in [2.45, 2.75) is 26.4 Å². The van der Waals surface area contributed by atoms with Gasteiger partial charge in [0.2, 0.25) is 5.91 Å². The van der Waals surface area contributed by atoms with Gasteiger partial charge in [-0.15, -0.1) is 9.24 Å². The van der Waals surface area contributed by atoms with Crippen LogP contribution in [0.4, 0.5) is 4.79 Å². The van der Waals surface area contributed by atoms with Crippen LogP contribution in [0.25, 0.3) is 0 Å². The molecule has 7 heteroatoms. The second-order valence-electron chi connectivity index (χ2n) is 5.55. The molecule has 0 radical (unpaired) electrons. The predicted octanol–water partition coefficient (Wildman–Crippen LogP) is 1.20. The number of carbonyl (C=O) groups excluding carboxylic acids is 2. The number of likely N-dealkylation sites (N-methyl/N-ethyl adjacent to an activating group) is 2. The van der Waals surface area contributed by atoms with Crippen molar-refractivity contribution in [3.05, 3.63) is 0 Å². The van der Waals surface area contributed by atoms with Gasteiger partial charge in [0.05, 0.1) is 13.2 Å². The topological polar surface area (TPSA) is 59.1 Å². The molecule has 0 aliphatic carbocycles. The zero-order valence-corrected chi connectivity index (χ0v) is 14.3. The highest BCUT2D eigenvalue weighted by atomic mass is 31.0. The first-order chi connectivity index (χ1) is 9.17. The molecule has 0 heterocycles. The van der Waals surface area contributed by atoms with Gasteiger partial charge in [-0.25, -0.2) is 4.79 Å². The Morgan fingerprint density at radius 1 is 1.10 bits per heavy atom. The molecule has 0 spiro atoms. The minimum atomic E-state index is -0.563. The third-order valence-electron chi connectivity index (χ3n) is 2.34. The zero-order valence-electron chi connectivity index (χ0n) is 13.1. The molecule has 0 aromatic rings. The van der Waals surface area contributed by atoms with Crippen molar-refractivity contribution in [2.75, 3.05) is 46.6 Å². The molecule has 6 nitrogen and oxygen atoms in total.